The fourth-order valence-electron chi connectivity index (χ4n) is 2.46. The van der Waals surface area contributed by atoms with E-state index in [0.29, 0.717) is 17.5 Å². The maximum atomic E-state index is 11.9. The van der Waals surface area contributed by atoms with Crippen LogP contribution in [0.3, 0.4) is 0 Å². The highest BCUT2D eigenvalue weighted by Crippen LogP contribution is 2.32. The number of carbonyl (C=O) groups excluding carboxylic acids is 1. The molecule has 0 spiro atoms. The van der Waals surface area contributed by atoms with Crippen LogP contribution in [0.4, 0.5) is 0 Å². The second-order valence-electron chi connectivity index (χ2n) is 5.22. The van der Waals surface area contributed by atoms with E-state index in [9.17, 15) is 4.79 Å². The fraction of sp³-hybridized carbons (Fsp3) is 0.533. The molecule has 1 amide bonds. The lowest BCUT2D eigenvalue weighted by Gasteiger charge is -2.21. The number of hydrogen-bond donors (Lipinski definition) is 2. The molecular formula is C15H20N2O3S. The van der Waals surface area contributed by atoms with E-state index in [2.05, 4.69) is 10.6 Å². The molecule has 2 aliphatic rings. The Bertz CT molecular complexity index is 504. The Morgan fingerprint density at radius 2 is 2.10 bits per heavy atom. The van der Waals surface area contributed by atoms with Crippen molar-refractivity contribution in [3.8, 4) is 11.5 Å². The van der Waals surface area contributed by atoms with Crippen LogP contribution < -0.4 is 20.1 Å². The standard InChI is InChI=1S/C15H20N2O3S/c18-15(9-21-12-3-5-16-6-4-12)17-8-11-1-2-13-14(7-11)20-10-19-13/h1-2,7,12,16H,3-6,8-10H2,(H,17,18). The van der Waals surface area contributed by atoms with Gasteiger partial charge in [-0.15, -0.1) is 11.8 Å². The van der Waals surface area contributed by atoms with Gasteiger partial charge in [0.15, 0.2) is 11.5 Å². The molecule has 2 aliphatic heterocycles. The Hall–Kier alpha value is -1.40. The molecule has 0 saturated carbocycles. The van der Waals surface area contributed by atoms with Crippen LogP contribution in [-0.4, -0.2) is 36.8 Å². The van der Waals surface area contributed by atoms with E-state index in [1.807, 2.05) is 18.2 Å². The van der Waals surface area contributed by atoms with Crippen molar-refractivity contribution in [3.05, 3.63) is 23.8 Å². The zero-order chi connectivity index (χ0) is 14.5. The van der Waals surface area contributed by atoms with Gasteiger partial charge in [0, 0.05) is 11.8 Å². The number of carbonyl (C=O) groups is 1. The first-order valence-corrected chi connectivity index (χ1v) is 8.34. The van der Waals surface area contributed by atoms with Crippen LogP contribution in [0.1, 0.15) is 18.4 Å². The van der Waals surface area contributed by atoms with Crippen molar-refractivity contribution in [1.29, 1.82) is 0 Å². The summed E-state index contributed by atoms with van der Waals surface area (Å²) in [5, 5.41) is 6.90. The molecule has 2 N–H and O–H groups in total. The Labute approximate surface area is 128 Å². The van der Waals surface area contributed by atoms with E-state index in [-0.39, 0.29) is 12.7 Å². The molecule has 1 saturated heterocycles. The molecule has 0 bridgehead atoms. The molecule has 2 heterocycles. The molecule has 3 rings (SSSR count). The zero-order valence-electron chi connectivity index (χ0n) is 11.9. The van der Waals surface area contributed by atoms with Crippen LogP contribution >= 0.6 is 11.8 Å². The minimum Gasteiger partial charge on any atom is -0.454 e. The third-order valence-electron chi connectivity index (χ3n) is 3.66. The molecule has 0 radical (unpaired) electrons. The summed E-state index contributed by atoms with van der Waals surface area (Å²) in [5.41, 5.74) is 1.03. The second-order valence-corrected chi connectivity index (χ2v) is 6.51. The van der Waals surface area contributed by atoms with Crippen LogP contribution in [0.15, 0.2) is 18.2 Å². The second kappa shape index (κ2) is 7.04. The van der Waals surface area contributed by atoms with E-state index in [0.717, 1.165) is 43.0 Å². The summed E-state index contributed by atoms with van der Waals surface area (Å²) in [4.78, 5) is 11.9. The molecule has 0 aliphatic carbocycles. The maximum Gasteiger partial charge on any atom is 0.231 e. The summed E-state index contributed by atoms with van der Waals surface area (Å²) in [6, 6.07) is 5.75. The van der Waals surface area contributed by atoms with Gasteiger partial charge in [0.2, 0.25) is 12.7 Å². The van der Waals surface area contributed by atoms with Crippen molar-refractivity contribution in [3.63, 3.8) is 0 Å². The highest BCUT2D eigenvalue weighted by Gasteiger charge is 2.16. The highest BCUT2D eigenvalue weighted by molar-refractivity contribution is 8.00. The van der Waals surface area contributed by atoms with Crippen LogP contribution in [0.5, 0.6) is 11.5 Å². The van der Waals surface area contributed by atoms with Crippen LogP contribution in [0.2, 0.25) is 0 Å². The summed E-state index contributed by atoms with van der Waals surface area (Å²) < 4.78 is 10.6. The normalized spacial score (nSPS) is 17.7. The van der Waals surface area contributed by atoms with Crippen molar-refractivity contribution >= 4 is 17.7 Å². The Morgan fingerprint density at radius 1 is 1.29 bits per heavy atom. The lowest BCUT2D eigenvalue weighted by Crippen LogP contribution is -2.31. The van der Waals surface area contributed by atoms with Crippen LogP contribution in [-0.2, 0) is 11.3 Å². The third-order valence-corrected chi connectivity index (χ3v) is 5.03. The number of rotatable bonds is 5. The minimum atomic E-state index is 0.0937. The number of piperidine rings is 1. The van der Waals surface area contributed by atoms with E-state index in [4.69, 9.17) is 9.47 Å². The molecule has 114 valence electrons. The monoisotopic (exact) mass is 308 g/mol. The third kappa shape index (κ3) is 4.04. The van der Waals surface area contributed by atoms with Crippen molar-refractivity contribution in [2.24, 2.45) is 0 Å². The fourth-order valence-corrected chi connectivity index (χ4v) is 3.52. The number of ether oxygens (including phenoxy) is 2. The van der Waals surface area contributed by atoms with Crippen molar-refractivity contribution < 1.29 is 14.3 Å². The van der Waals surface area contributed by atoms with Gasteiger partial charge in [-0.25, -0.2) is 0 Å². The molecule has 1 fully saturated rings. The van der Waals surface area contributed by atoms with Gasteiger partial charge in [0.25, 0.3) is 0 Å². The molecule has 6 heteroatoms. The first-order chi connectivity index (χ1) is 10.3. The smallest absolute Gasteiger partial charge is 0.231 e. The Kier molecular flexibility index (Phi) is 4.87. The first kappa shape index (κ1) is 14.5. The first-order valence-electron chi connectivity index (χ1n) is 7.29. The average Bonchev–Trinajstić information content (AvgIpc) is 2.99. The van der Waals surface area contributed by atoms with E-state index in [1.54, 1.807) is 11.8 Å². The topological polar surface area (TPSA) is 59.6 Å². The average molecular weight is 308 g/mol. The van der Waals surface area contributed by atoms with Gasteiger partial charge in [-0.1, -0.05) is 6.07 Å². The quantitative estimate of drug-likeness (QED) is 0.863. The van der Waals surface area contributed by atoms with Crippen molar-refractivity contribution in [2.75, 3.05) is 25.6 Å². The Morgan fingerprint density at radius 3 is 2.95 bits per heavy atom. The highest BCUT2D eigenvalue weighted by atomic mass is 32.2. The summed E-state index contributed by atoms with van der Waals surface area (Å²) in [6.07, 6.45) is 2.31. The molecular weight excluding hydrogens is 288 g/mol. The largest absolute Gasteiger partial charge is 0.454 e. The minimum absolute atomic E-state index is 0.0937. The summed E-state index contributed by atoms with van der Waals surface area (Å²) in [6.45, 7) is 2.94. The van der Waals surface area contributed by atoms with Gasteiger partial charge >= 0.3 is 0 Å². The lowest BCUT2D eigenvalue weighted by molar-refractivity contribution is -0.118. The number of nitrogens with one attached hydrogen (secondary N) is 2. The number of benzene rings is 1. The molecule has 1 aromatic carbocycles. The van der Waals surface area contributed by atoms with Crippen molar-refractivity contribution in [1.82, 2.24) is 10.6 Å². The number of amides is 1. The molecule has 0 unspecified atom stereocenters. The van der Waals surface area contributed by atoms with Crippen molar-refractivity contribution in [2.45, 2.75) is 24.6 Å². The zero-order valence-corrected chi connectivity index (χ0v) is 12.7. The summed E-state index contributed by atoms with van der Waals surface area (Å²) >= 11 is 1.76. The predicted molar refractivity (Wildman–Crippen MR) is 82.8 cm³/mol. The number of fused-ring (bicyclic) bond motifs is 1. The summed E-state index contributed by atoms with van der Waals surface area (Å²) in [7, 11) is 0. The Balaban J connectivity index is 1.41. The molecule has 21 heavy (non-hydrogen) atoms. The molecule has 0 aromatic heterocycles. The van der Waals surface area contributed by atoms with Gasteiger partial charge < -0.3 is 20.1 Å². The van der Waals surface area contributed by atoms with Gasteiger partial charge in [-0.05, 0) is 43.6 Å². The predicted octanol–water partition coefficient (Wildman–Crippen LogP) is 1.52. The maximum absolute atomic E-state index is 11.9. The lowest BCUT2D eigenvalue weighted by atomic mass is 10.2. The van der Waals surface area contributed by atoms with Gasteiger partial charge in [0.1, 0.15) is 0 Å². The molecule has 1 aromatic rings. The van der Waals surface area contributed by atoms with E-state index in [1.165, 1.54) is 0 Å². The van der Waals surface area contributed by atoms with Gasteiger partial charge in [-0.2, -0.15) is 0 Å². The van der Waals surface area contributed by atoms with Crippen LogP contribution in [0, 0.1) is 0 Å². The molecule has 5 nitrogen and oxygen atoms in total. The van der Waals surface area contributed by atoms with Crippen LogP contribution in [0.25, 0.3) is 0 Å². The number of hydrogen-bond acceptors (Lipinski definition) is 5. The number of thioether (sulfide) groups is 1. The summed E-state index contributed by atoms with van der Waals surface area (Å²) in [5.74, 6) is 2.16. The van der Waals surface area contributed by atoms with Gasteiger partial charge in [-0.3, -0.25) is 4.79 Å². The van der Waals surface area contributed by atoms with E-state index < -0.39 is 0 Å². The molecule has 0 atom stereocenters. The SMILES string of the molecule is O=C(CSC1CCNCC1)NCc1ccc2c(c1)OCO2. The van der Waals surface area contributed by atoms with E-state index >= 15 is 0 Å². The van der Waals surface area contributed by atoms with Gasteiger partial charge in [0.05, 0.1) is 5.75 Å².